The summed E-state index contributed by atoms with van der Waals surface area (Å²) in [5.74, 6) is -1.10. The van der Waals surface area contributed by atoms with Crippen LogP contribution in [0.1, 0.15) is 18.5 Å². The second kappa shape index (κ2) is 6.09. The second-order valence-electron chi connectivity index (χ2n) is 4.47. The molecule has 0 heterocycles. The second-order valence-corrected chi connectivity index (χ2v) is 6.59. The van der Waals surface area contributed by atoms with Gasteiger partial charge in [-0.3, -0.25) is 0 Å². The topological polar surface area (TPSA) is 46.2 Å². The molecule has 0 spiro atoms. The third kappa shape index (κ3) is 3.78. The average molecular weight is 332 g/mol. The number of nitrogens with one attached hydrogen (secondary N) is 1. The van der Waals surface area contributed by atoms with Gasteiger partial charge in [-0.2, -0.15) is 0 Å². The molecular weight excluding hydrogens is 320 g/mol. The third-order valence-corrected chi connectivity index (χ3v) is 4.73. The first-order chi connectivity index (χ1) is 9.79. The predicted octanol–water partition coefficient (Wildman–Crippen LogP) is 3.66. The van der Waals surface area contributed by atoms with Crippen molar-refractivity contribution in [2.45, 2.75) is 17.9 Å². The van der Waals surface area contributed by atoms with Crippen LogP contribution in [-0.4, -0.2) is 8.42 Å². The van der Waals surface area contributed by atoms with Crippen molar-refractivity contribution in [1.82, 2.24) is 4.72 Å². The average Bonchev–Trinajstić information content (AvgIpc) is 2.42. The molecule has 0 saturated heterocycles. The van der Waals surface area contributed by atoms with E-state index >= 15 is 0 Å². The van der Waals surface area contributed by atoms with Gasteiger partial charge in [0, 0.05) is 6.04 Å². The summed E-state index contributed by atoms with van der Waals surface area (Å²) >= 11 is 5.58. The van der Waals surface area contributed by atoms with Crippen molar-refractivity contribution in [2.75, 3.05) is 0 Å². The number of sulfonamides is 1. The molecule has 7 heteroatoms. The number of rotatable bonds is 4. The van der Waals surface area contributed by atoms with Gasteiger partial charge < -0.3 is 0 Å². The zero-order valence-electron chi connectivity index (χ0n) is 11.0. The smallest absolute Gasteiger partial charge is 0.207 e. The van der Waals surface area contributed by atoms with Crippen LogP contribution in [0, 0.1) is 11.6 Å². The summed E-state index contributed by atoms with van der Waals surface area (Å²) in [6, 6.07) is 8.04. The Morgan fingerprint density at radius 2 is 1.71 bits per heavy atom. The van der Waals surface area contributed by atoms with E-state index in [1.807, 2.05) is 0 Å². The fourth-order valence-corrected chi connectivity index (χ4v) is 3.27. The van der Waals surface area contributed by atoms with Gasteiger partial charge in [-0.05, 0) is 42.8 Å². The molecule has 0 radical (unpaired) electrons. The lowest BCUT2D eigenvalue weighted by molar-refractivity contribution is 0.565. The standard InChI is InChI=1S/C14H12ClF2NO2S/c1-9(10-2-4-11(16)5-3-10)18-21(19,20)12-6-7-14(17)13(15)8-12/h2-9,18H,1H3/t9-/m1/s1. The zero-order valence-corrected chi connectivity index (χ0v) is 12.5. The van der Waals surface area contributed by atoms with Gasteiger partial charge in [-0.1, -0.05) is 23.7 Å². The van der Waals surface area contributed by atoms with Crippen LogP contribution in [0.3, 0.4) is 0 Å². The summed E-state index contributed by atoms with van der Waals surface area (Å²) in [6.07, 6.45) is 0. The van der Waals surface area contributed by atoms with E-state index in [-0.39, 0.29) is 9.92 Å². The first kappa shape index (κ1) is 15.9. The van der Waals surface area contributed by atoms with Crippen LogP contribution in [0.5, 0.6) is 0 Å². The van der Waals surface area contributed by atoms with Gasteiger partial charge in [0.05, 0.1) is 9.92 Å². The molecule has 0 fully saturated rings. The monoisotopic (exact) mass is 331 g/mol. The molecule has 1 atom stereocenters. The van der Waals surface area contributed by atoms with E-state index in [0.717, 1.165) is 18.2 Å². The van der Waals surface area contributed by atoms with Crippen LogP contribution in [0.4, 0.5) is 8.78 Å². The van der Waals surface area contributed by atoms with Gasteiger partial charge in [0.1, 0.15) is 11.6 Å². The highest BCUT2D eigenvalue weighted by Gasteiger charge is 2.19. The molecule has 0 aromatic heterocycles. The van der Waals surface area contributed by atoms with E-state index in [1.165, 1.54) is 24.3 Å². The molecule has 0 aliphatic carbocycles. The lowest BCUT2D eigenvalue weighted by Crippen LogP contribution is -2.26. The maximum absolute atomic E-state index is 13.1. The highest BCUT2D eigenvalue weighted by molar-refractivity contribution is 7.89. The summed E-state index contributed by atoms with van der Waals surface area (Å²) in [4.78, 5) is -0.136. The van der Waals surface area contributed by atoms with Crippen molar-refractivity contribution in [1.29, 1.82) is 0 Å². The van der Waals surface area contributed by atoms with Crippen molar-refractivity contribution in [3.8, 4) is 0 Å². The van der Waals surface area contributed by atoms with Crippen LogP contribution in [0.25, 0.3) is 0 Å². The molecular formula is C14H12ClF2NO2S. The summed E-state index contributed by atoms with van der Waals surface area (Å²) in [5, 5.41) is -0.271. The quantitative estimate of drug-likeness (QED) is 0.929. The Hall–Kier alpha value is -1.50. The molecule has 21 heavy (non-hydrogen) atoms. The molecule has 2 rings (SSSR count). The van der Waals surface area contributed by atoms with Gasteiger partial charge in [0.25, 0.3) is 0 Å². The summed E-state index contributed by atoms with van der Waals surface area (Å²) in [6.45, 7) is 1.62. The van der Waals surface area contributed by atoms with E-state index in [9.17, 15) is 17.2 Å². The minimum atomic E-state index is -3.85. The van der Waals surface area contributed by atoms with Crippen molar-refractivity contribution >= 4 is 21.6 Å². The first-order valence-corrected chi connectivity index (χ1v) is 7.88. The highest BCUT2D eigenvalue weighted by atomic mass is 35.5. The van der Waals surface area contributed by atoms with Crippen LogP contribution in [0.15, 0.2) is 47.4 Å². The largest absolute Gasteiger partial charge is 0.241 e. The SMILES string of the molecule is C[C@@H](NS(=O)(=O)c1ccc(F)c(Cl)c1)c1ccc(F)cc1. The molecule has 0 amide bonds. The number of hydrogen-bond acceptors (Lipinski definition) is 2. The van der Waals surface area contributed by atoms with Gasteiger partial charge in [-0.15, -0.1) is 0 Å². The van der Waals surface area contributed by atoms with Crippen molar-refractivity contribution in [3.63, 3.8) is 0 Å². The van der Waals surface area contributed by atoms with Gasteiger partial charge >= 0.3 is 0 Å². The zero-order chi connectivity index (χ0) is 15.6. The summed E-state index contributed by atoms with van der Waals surface area (Å²) in [5.41, 5.74) is 0.605. The molecule has 1 N–H and O–H groups in total. The molecule has 0 unspecified atom stereocenters. The summed E-state index contributed by atoms with van der Waals surface area (Å²) < 4.78 is 52.7. The Labute approximate surface area is 126 Å². The van der Waals surface area contributed by atoms with E-state index in [0.29, 0.717) is 5.56 Å². The Bertz CT molecular complexity index is 748. The van der Waals surface area contributed by atoms with Crippen LogP contribution in [0.2, 0.25) is 5.02 Å². The van der Waals surface area contributed by atoms with E-state index in [2.05, 4.69) is 4.72 Å². The highest BCUT2D eigenvalue weighted by Crippen LogP contribution is 2.21. The van der Waals surface area contributed by atoms with Gasteiger partial charge in [0.2, 0.25) is 10.0 Å². The molecule has 2 aromatic rings. The van der Waals surface area contributed by atoms with Crippen molar-refractivity contribution in [3.05, 3.63) is 64.7 Å². The Balaban J connectivity index is 2.24. The third-order valence-electron chi connectivity index (χ3n) is 2.90. The molecule has 0 aliphatic rings. The van der Waals surface area contributed by atoms with Crippen LogP contribution >= 0.6 is 11.6 Å². The fourth-order valence-electron chi connectivity index (χ4n) is 1.76. The molecule has 2 aromatic carbocycles. The maximum Gasteiger partial charge on any atom is 0.241 e. The normalized spacial score (nSPS) is 13.1. The van der Waals surface area contributed by atoms with Gasteiger partial charge in [-0.25, -0.2) is 21.9 Å². The molecule has 0 bridgehead atoms. The number of halogens is 3. The fraction of sp³-hybridized carbons (Fsp3) is 0.143. The summed E-state index contributed by atoms with van der Waals surface area (Å²) in [7, 11) is -3.85. The minimum absolute atomic E-state index is 0.136. The van der Waals surface area contributed by atoms with Crippen molar-refractivity contribution < 1.29 is 17.2 Å². The number of benzene rings is 2. The first-order valence-electron chi connectivity index (χ1n) is 6.02. The van der Waals surface area contributed by atoms with Crippen LogP contribution < -0.4 is 4.72 Å². The van der Waals surface area contributed by atoms with Crippen LogP contribution in [-0.2, 0) is 10.0 Å². The minimum Gasteiger partial charge on any atom is -0.207 e. The number of hydrogen-bond donors (Lipinski definition) is 1. The Morgan fingerprint density at radius 3 is 2.29 bits per heavy atom. The van der Waals surface area contributed by atoms with E-state index < -0.39 is 27.7 Å². The molecule has 0 saturated carbocycles. The maximum atomic E-state index is 13.1. The molecule has 0 aliphatic heterocycles. The lowest BCUT2D eigenvalue weighted by atomic mass is 10.1. The predicted molar refractivity (Wildman–Crippen MR) is 76.5 cm³/mol. The van der Waals surface area contributed by atoms with E-state index in [4.69, 9.17) is 11.6 Å². The Morgan fingerprint density at radius 1 is 1.10 bits per heavy atom. The van der Waals surface area contributed by atoms with E-state index in [1.54, 1.807) is 6.92 Å². The molecule has 112 valence electrons. The molecule has 3 nitrogen and oxygen atoms in total. The Kier molecular flexibility index (Phi) is 4.61. The lowest BCUT2D eigenvalue weighted by Gasteiger charge is -2.15. The van der Waals surface area contributed by atoms with Gasteiger partial charge in [0.15, 0.2) is 0 Å². The van der Waals surface area contributed by atoms with Crippen molar-refractivity contribution in [2.24, 2.45) is 0 Å².